The van der Waals surface area contributed by atoms with Crippen molar-refractivity contribution in [2.75, 3.05) is 32.0 Å². The topological polar surface area (TPSA) is 94.6 Å². The van der Waals surface area contributed by atoms with Crippen LogP contribution < -0.4 is 24.8 Å². The summed E-state index contributed by atoms with van der Waals surface area (Å²) in [7, 11) is 4.41. The molecule has 0 spiro atoms. The van der Waals surface area contributed by atoms with Crippen LogP contribution >= 0.6 is 0 Å². The van der Waals surface area contributed by atoms with Crippen molar-refractivity contribution in [1.82, 2.24) is 10.2 Å². The van der Waals surface area contributed by atoms with Gasteiger partial charge in [-0.3, -0.25) is 4.79 Å². The summed E-state index contributed by atoms with van der Waals surface area (Å²) in [5.41, 5.74) is 0.561. The van der Waals surface area contributed by atoms with Crippen LogP contribution in [0.5, 0.6) is 17.2 Å². The maximum Gasteiger partial charge on any atom is 0.257 e. The number of hydrogen-bond donors (Lipinski definition) is 2. The van der Waals surface area contributed by atoms with Crippen molar-refractivity contribution in [2.45, 2.75) is 0 Å². The molecule has 0 aliphatic heterocycles. The van der Waals surface area contributed by atoms with E-state index in [1.165, 1.54) is 39.5 Å². The fraction of sp³-hybridized carbons (Fsp3) is 0.150. The second-order valence-electron chi connectivity index (χ2n) is 5.78. The van der Waals surface area contributed by atoms with Crippen LogP contribution in [0, 0.1) is 5.82 Å². The molecule has 3 rings (SSSR count). The Kier molecular flexibility index (Phi) is 6.08. The number of amides is 1. The van der Waals surface area contributed by atoms with Gasteiger partial charge in [0, 0.05) is 5.56 Å². The molecule has 9 heteroatoms. The van der Waals surface area contributed by atoms with Crippen molar-refractivity contribution < 1.29 is 23.4 Å². The summed E-state index contributed by atoms with van der Waals surface area (Å²) in [6.45, 7) is 0. The molecule has 2 N–H and O–H groups in total. The Morgan fingerprint density at radius 2 is 1.52 bits per heavy atom. The van der Waals surface area contributed by atoms with Crippen LogP contribution in [0.2, 0.25) is 0 Å². The van der Waals surface area contributed by atoms with Crippen molar-refractivity contribution in [2.24, 2.45) is 0 Å². The highest BCUT2D eigenvalue weighted by Crippen LogP contribution is 2.38. The van der Waals surface area contributed by atoms with Gasteiger partial charge in [-0.05, 0) is 36.4 Å². The molecule has 0 bridgehead atoms. The number of hydrogen-bond acceptors (Lipinski definition) is 7. The number of anilines is 3. The van der Waals surface area contributed by atoms with Gasteiger partial charge in [0.05, 0.1) is 27.0 Å². The van der Waals surface area contributed by atoms with Crippen LogP contribution in [0.3, 0.4) is 0 Å². The third-order valence-electron chi connectivity index (χ3n) is 3.97. The number of aromatic nitrogens is 2. The Hall–Kier alpha value is -3.88. The van der Waals surface area contributed by atoms with E-state index in [0.717, 1.165) is 0 Å². The van der Waals surface area contributed by atoms with E-state index in [-0.39, 0.29) is 17.1 Å². The summed E-state index contributed by atoms with van der Waals surface area (Å²) in [5, 5.41) is 13.3. The molecular weight excluding hydrogens is 379 g/mol. The molecule has 0 saturated heterocycles. The predicted octanol–water partition coefficient (Wildman–Crippen LogP) is 3.64. The van der Waals surface area contributed by atoms with E-state index >= 15 is 0 Å². The van der Waals surface area contributed by atoms with Gasteiger partial charge in [0.2, 0.25) is 5.75 Å². The van der Waals surface area contributed by atoms with E-state index < -0.39 is 11.7 Å². The quantitative estimate of drug-likeness (QED) is 0.627. The van der Waals surface area contributed by atoms with Gasteiger partial charge in [-0.1, -0.05) is 12.1 Å². The minimum atomic E-state index is -0.437. The van der Waals surface area contributed by atoms with Crippen LogP contribution in [0.25, 0.3) is 0 Å². The smallest absolute Gasteiger partial charge is 0.257 e. The molecule has 29 heavy (non-hydrogen) atoms. The molecule has 150 valence electrons. The molecule has 1 heterocycles. The van der Waals surface area contributed by atoms with Crippen molar-refractivity contribution in [3.8, 4) is 17.2 Å². The number of benzene rings is 2. The first kappa shape index (κ1) is 19.9. The first-order valence-electron chi connectivity index (χ1n) is 8.52. The standard InChI is InChI=1S/C20H19FN4O4/c1-27-15-10-12(11-16(28-2)19(15)29-3)20(26)23-18-9-8-17(24-25-18)22-14-7-5-4-6-13(14)21/h4-11H,1-3H3,(H,22,24)(H,23,25,26). The van der Waals surface area contributed by atoms with Crippen LogP contribution in [0.4, 0.5) is 21.7 Å². The third-order valence-corrected chi connectivity index (χ3v) is 3.97. The fourth-order valence-electron chi connectivity index (χ4n) is 2.57. The van der Waals surface area contributed by atoms with Crippen molar-refractivity contribution in [1.29, 1.82) is 0 Å². The SMILES string of the molecule is COc1cc(C(=O)Nc2ccc(Nc3ccccc3F)nn2)cc(OC)c1OC. The Labute approximate surface area is 166 Å². The van der Waals surface area contributed by atoms with E-state index in [0.29, 0.717) is 23.1 Å². The Morgan fingerprint density at radius 1 is 0.897 bits per heavy atom. The molecule has 0 fully saturated rings. The zero-order chi connectivity index (χ0) is 20.8. The minimum absolute atomic E-state index is 0.225. The van der Waals surface area contributed by atoms with Crippen LogP contribution in [-0.4, -0.2) is 37.4 Å². The normalized spacial score (nSPS) is 10.2. The summed E-state index contributed by atoms with van der Waals surface area (Å²) in [6.07, 6.45) is 0. The molecule has 1 amide bonds. The van der Waals surface area contributed by atoms with E-state index in [9.17, 15) is 9.18 Å². The molecule has 0 atom stereocenters. The largest absolute Gasteiger partial charge is 0.493 e. The lowest BCUT2D eigenvalue weighted by Crippen LogP contribution is -2.14. The lowest BCUT2D eigenvalue weighted by molar-refractivity contribution is 0.102. The summed E-state index contributed by atoms with van der Waals surface area (Å²) in [6, 6.07) is 12.4. The highest BCUT2D eigenvalue weighted by atomic mass is 19.1. The molecule has 0 aliphatic rings. The maximum atomic E-state index is 13.7. The second kappa shape index (κ2) is 8.87. The van der Waals surface area contributed by atoms with Gasteiger partial charge < -0.3 is 24.8 Å². The van der Waals surface area contributed by atoms with Gasteiger partial charge in [0.15, 0.2) is 23.1 Å². The number of halogens is 1. The second-order valence-corrected chi connectivity index (χ2v) is 5.78. The number of ether oxygens (including phenoxy) is 3. The highest BCUT2D eigenvalue weighted by Gasteiger charge is 2.17. The third kappa shape index (κ3) is 4.52. The van der Waals surface area contributed by atoms with Gasteiger partial charge in [0.25, 0.3) is 5.91 Å². The molecule has 3 aromatic rings. The molecule has 2 aromatic carbocycles. The molecule has 0 aliphatic carbocycles. The number of methoxy groups -OCH3 is 3. The Morgan fingerprint density at radius 3 is 2.07 bits per heavy atom. The molecule has 0 radical (unpaired) electrons. The minimum Gasteiger partial charge on any atom is -0.493 e. The summed E-state index contributed by atoms with van der Waals surface area (Å²) in [4.78, 5) is 12.6. The van der Waals surface area contributed by atoms with E-state index in [4.69, 9.17) is 14.2 Å². The maximum absolute atomic E-state index is 13.7. The Bertz CT molecular complexity index is 987. The van der Waals surface area contributed by atoms with Gasteiger partial charge in [0.1, 0.15) is 5.82 Å². The van der Waals surface area contributed by atoms with Crippen LogP contribution in [0.1, 0.15) is 10.4 Å². The predicted molar refractivity (Wildman–Crippen MR) is 106 cm³/mol. The van der Waals surface area contributed by atoms with Crippen LogP contribution in [-0.2, 0) is 0 Å². The fourth-order valence-corrected chi connectivity index (χ4v) is 2.57. The van der Waals surface area contributed by atoms with Crippen molar-refractivity contribution >= 4 is 23.2 Å². The molecule has 0 unspecified atom stereocenters. The van der Waals surface area contributed by atoms with E-state index in [1.54, 1.807) is 30.3 Å². The number of carbonyl (C=O) groups is 1. The van der Waals surface area contributed by atoms with E-state index in [2.05, 4.69) is 20.8 Å². The average molecular weight is 398 g/mol. The van der Waals surface area contributed by atoms with Crippen molar-refractivity contribution in [3.63, 3.8) is 0 Å². The number of para-hydroxylation sites is 1. The van der Waals surface area contributed by atoms with Gasteiger partial charge in [-0.15, -0.1) is 10.2 Å². The van der Waals surface area contributed by atoms with Crippen molar-refractivity contribution in [3.05, 3.63) is 59.9 Å². The number of nitrogens with one attached hydrogen (secondary N) is 2. The van der Waals surface area contributed by atoms with E-state index in [1.807, 2.05) is 0 Å². The molecule has 8 nitrogen and oxygen atoms in total. The monoisotopic (exact) mass is 398 g/mol. The summed E-state index contributed by atoms with van der Waals surface area (Å²) in [5.74, 6) is 0.807. The lowest BCUT2D eigenvalue weighted by atomic mass is 10.1. The Balaban J connectivity index is 1.75. The first-order valence-corrected chi connectivity index (χ1v) is 8.52. The summed E-state index contributed by atoms with van der Waals surface area (Å²) < 4.78 is 29.4. The van der Waals surface area contributed by atoms with Crippen LogP contribution in [0.15, 0.2) is 48.5 Å². The number of rotatable bonds is 7. The molecule has 0 saturated carbocycles. The zero-order valence-corrected chi connectivity index (χ0v) is 16.0. The van der Waals surface area contributed by atoms with Gasteiger partial charge >= 0.3 is 0 Å². The number of carbonyl (C=O) groups excluding carboxylic acids is 1. The molecule has 1 aromatic heterocycles. The molecular formula is C20H19FN4O4. The van der Waals surface area contributed by atoms with Gasteiger partial charge in [-0.2, -0.15) is 0 Å². The highest BCUT2D eigenvalue weighted by molar-refractivity contribution is 6.04. The summed E-state index contributed by atoms with van der Waals surface area (Å²) >= 11 is 0. The lowest BCUT2D eigenvalue weighted by Gasteiger charge is -2.14. The number of nitrogens with zero attached hydrogens (tertiary/aromatic N) is 2. The first-order chi connectivity index (χ1) is 14.0. The zero-order valence-electron chi connectivity index (χ0n) is 16.0. The average Bonchev–Trinajstić information content (AvgIpc) is 2.75. The van der Waals surface area contributed by atoms with Gasteiger partial charge in [-0.25, -0.2) is 4.39 Å².